The number of nitrogens with one attached hydrogen (secondary N) is 1. The fourth-order valence-corrected chi connectivity index (χ4v) is 3.68. The average Bonchev–Trinajstić information content (AvgIpc) is 2.50. The molecule has 0 saturated carbocycles. The number of hydrogen-bond donors (Lipinski definition) is 1. The summed E-state index contributed by atoms with van der Waals surface area (Å²) >= 11 is 0. The number of nitrogens with zero attached hydrogens (tertiary/aromatic N) is 1. The highest BCUT2D eigenvalue weighted by atomic mass is 32.2. The van der Waals surface area contributed by atoms with E-state index in [4.69, 9.17) is 9.16 Å². The van der Waals surface area contributed by atoms with Crippen molar-refractivity contribution in [2.24, 2.45) is 0 Å². The van der Waals surface area contributed by atoms with Gasteiger partial charge in [0.25, 0.3) is 0 Å². The molecule has 0 aliphatic carbocycles. The van der Waals surface area contributed by atoms with Gasteiger partial charge in [-0.1, -0.05) is 26.8 Å². The average molecular weight is 401 g/mol. The maximum atomic E-state index is 12.6. The van der Waals surface area contributed by atoms with E-state index in [1.807, 2.05) is 39.8 Å². The van der Waals surface area contributed by atoms with Crippen LogP contribution in [0.25, 0.3) is 0 Å². The molecule has 1 rings (SSSR count). The summed E-state index contributed by atoms with van der Waals surface area (Å²) in [6.07, 6.45) is 1.78. The largest absolute Gasteiger partial charge is 0.478 e. The third-order valence-electron chi connectivity index (χ3n) is 4.68. The van der Waals surface area contributed by atoms with Gasteiger partial charge in [-0.25, -0.2) is 13.9 Å². The molecule has 0 aliphatic heterocycles. The SMILES string of the molecule is CCOc1ccc([C@H](CO[Si](C)(C)C(C)(C)C)N[S@](=O)C(C)(C)C)cn1. The molecule has 2 atom stereocenters. The molecule has 0 spiro atoms. The summed E-state index contributed by atoms with van der Waals surface area (Å²) in [4.78, 5) is 4.35. The zero-order valence-corrected chi connectivity index (χ0v) is 19.6. The highest BCUT2D eigenvalue weighted by Crippen LogP contribution is 2.37. The van der Waals surface area contributed by atoms with Gasteiger partial charge in [0.05, 0.1) is 35.0 Å². The van der Waals surface area contributed by atoms with Crippen LogP contribution >= 0.6 is 0 Å². The van der Waals surface area contributed by atoms with Crippen molar-refractivity contribution in [2.75, 3.05) is 13.2 Å². The van der Waals surface area contributed by atoms with Crippen molar-refractivity contribution in [1.29, 1.82) is 0 Å². The highest BCUT2D eigenvalue weighted by molar-refractivity contribution is 7.84. The van der Waals surface area contributed by atoms with Crippen molar-refractivity contribution in [3.05, 3.63) is 23.9 Å². The fraction of sp³-hybridized carbons (Fsp3) is 0.737. The van der Waals surface area contributed by atoms with Crippen LogP contribution in [0.1, 0.15) is 60.1 Å². The van der Waals surface area contributed by atoms with Gasteiger partial charge in [0.2, 0.25) is 5.88 Å². The van der Waals surface area contributed by atoms with E-state index in [1.54, 1.807) is 6.20 Å². The summed E-state index contributed by atoms with van der Waals surface area (Å²) in [6.45, 7) is 19.9. The topological polar surface area (TPSA) is 60.5 Å². The zero-order valence-electron chi connectivity index (χ0n) is 17.8. The molecule has 0 unspecified atom stereocenters. The van der Waals surface area contributed by atoms with Crippen LogP contribution in [0.2, 0.25) is 18.1 Å². The molecule has 0 amide bonds. The first-order valence-electron chi connectivity index (χ1n) is 9.18. The number of pyridine rings is 1. The van der Waals surface area contributed by atoms with Crippen LogP contribution in [-0.4, -0.2) is 35.5 Å². The Morgan fingerprint density at radius 2 is 1.81 bits per heavy atom. The second-order valence-corrected chi connectivity index (χ2v) is 15.8. The van der Waals surface area contributed by atoms with Crippen LogP contribution in [0.15, 0.2) is 18.3 Å². The fourth-order valence-electron chi connectivity index (χ4n) is 1.84. The maximum absolute atomic E-state index is 12.6. The minimum absolute atomic E-state index is 0.123. The molecule has 0 aliphatic rings. The first kappa shape index (κ1) is 23.3. The van der Waals surface area contributed by atoms with Crippen molar-refractivity contribution in [1.82, 2.24) is 9.71 Å². The Labute approximate surface area is 163 Å². The molecule has 26 heavy (non-hydrogen) atoms. The molecule has 0 fully saturated rings. The standard InChI is InChI=1S/C19H36N2O3SSi/c1-10-23-17-12-11-15(13-20-17)16(21-25(22)18(2,3)4)14-24-26(8,9)19(5,6)7/h11-13,16,21H,10,14H2,1-9H3/t16-,25+/m0/s1. The minimum atomic E-state index is -1.91. The minimum Gasteiger partial charge on any atom is -0.478 e. The monoisotopic (exact) mass is 400 g/mol. The molecule has 0 aromatic carbocycles. The Hall–Kier alpha value is -0.763. The van der Waals surface area contributed by atoms with E-state index >= 15 is 0 Å². The predicted molar refractivity (Wildman–Crippen MR) is 112 cm³/mol. The van der Waals surface area contributed by atoms with E-state index in [1.165, 1.54) is 0 Å². The molecule has 1 heterocycles. The van der Waals surface area contributed by atoms with E-state index in [2.05, 4.69) is 43.6 Å². The summed E-state index contributed by atoms with van der Waals surface area (Å²) in [5, 5.41) is 0.123. The predicted octanol–water partition coefficient (Wildman–Crippen LogP) is 4.60. The van der Waals surface area contributed by atoms with Crippen molar-refractivity contribution < 1.29 is 13.4 Å². The first-order chi connectivity index (χ1) is 11.8. The lowest BCUT2D eigenvalue weighted by molar-refractivity contribution is 0.257. The van der Waals surface area contributed by atoms with Gasteiger partial charge < -0.3 is 9.16 Å². The summed E-state index contributed by atoms with van der Waals surface area (Å²) in [5.41, 5.74) is 0.949. The smallest absolute Gasteiger partial charge is 0.213 e. The van der Waals surface area contributed by atoms with Gasteiger partial charge >= 0.3 is 0 Å². The summed E-state index contributed by atoms with van der Waals surface area (Å²) < 4.78 is 27.3. The van der Waals surface area contributed by atoms with Gasteiger partial charge in [0, 0.05) is 12.3 Å². The number of ether oxygens (including phenoxy) is 1. The Balaban J connectivity index is 3.00. The molecule has 0 saturated heterocycles. The van der Waals surface area contributed by atoms with Crippen LogP contribution in [0.4, 0.5) is 0 Å². The Morgan fingerprint density at radius 3 is 2.23 bits per heavy atom. The van der Waals surface area contributed by atoms with Gasteiger partial charge in [0.1, 0.15) is 0 Å². The zero-order chi connectivity index (χ0) is 20.2. The van der Waals surface area contributed by atoms with Crippen LogP contribution < -0.4 is 9.46 Å². The molecule has 0 radical (unpaired) electrons. The van der Waals surface area contributed by atoms with Crippen molar-refractivity contribution in [3.63, 3.8) is 0 Å². The van der Waals surface area contributed by atoms with Gasteiger partial charge in [-0.2, -0.15) is 0 Å². The molecular weight excluding hydrogens is 364 g/mol. The summed E-state index contributed by atoms with van der Waals surface area (Å²) in [6, 6.07) is 3.62. The second kappa shape index (κ2) is 8.95. The quantitative estimate of drug-likeness (QED) is 0.648. The van der Waals surface area contributed by atoms with E-state index in [-0.39, 0.29) is 15.8 Å². The molecule has 7 heteroatoms. The van der Waals surface area contributed by atoms with Crippen LogP contribution in [0.5, 0.6) is 5.88 Å². The van der Waals surface area contributed by atoms with Crippen molar-refractivity contribution >= 4 is 19.3 Å². The van der Waals surface area contributed by atoms with E-state index in [0.29, 0.717) is 19.1 Å². The summed E-state index contributed by atoms with van der Waals surface area (Å²) in [5.74, 6) is 0.595. The molecule has 5 nitrogen and oxygen atoms in total. The van der Waals surface area contributed by atoms with Gasteiger partial charge in [-0.3, -0.25) is 0 Å². The van der Waals surface area contributed by atoms with Crippen molar-refractivity contribution in [3.8, 4) is 5.88 Å². The number of aromatic nitrogens is 1. The Kier molecular flexibility index (Phi) is 8.01. The van der Waals surface area contributed by atoms with E-state index in [0.717, 1.165) is 5.56 Å². The summed E-state index contributed by atoms with van der Waals surface area (Å²) in [7, 11) is -3.10. The lowest BCUT2D eigenvalue weighted by atomic mass is 10.1. The normalized spacial score (nSPS) is 15.6. The Bertz CT molecular complexity index is 592. The van der Waals surface area contributed by atoms with Crippen LogP contribution in [0.3, 0.4) is 0 Å². The molecule has 0 bridgehead atoms. The molecule has 1 N–H and O–H groups in total. The van der Waals surface area contributed by atoms with Gasteiger partial charge in [0.15, 0.2) is 8.32 Å². The molecule has 1 aromatic heterocycles. The second-order valence-electron chi connectivity index (χ2n) is 8.99. The Morgan fingerprint density at radius 1 is 1.19 bits per heavy atom. The van der Waals surface area contributed by atoms with E-state index in [9.17, 15) is 4.21 Å². The number of rotatable bonds is 8. The molecular formula is C19H36N2O3SSi. The van der Waals surface area contributed by atoms with Crippen molar-refractivity contribution in [2.45, 2.75) is 77.4 Å². The van der Waals surface area contributed by atoms with E-state index < -0.39 is 19.3 Å². The number of hydrogen-bond acceptors (Lipinski definition) is 4. The third kappa shape index (κ3) is 6.76. The highest BCUT2D eigenvalue weighted by Gasteiger charge is 2.38. The van der Waals surface area contributed by atoms with Gasteiger partial charge in [-0.05, 0) is 51.4 Å². The van der Waals surface area contributed by atoms with Crippen LogP contribution in [0, 0.1) is 0 Å². The van der Waals surface area contributed by atoms with Gasteiger partial charge in [-0.15, -0.1) is 0 Å². The van der Waals surface area contributed by atoms with Crippen LogP contribution in [-0.2, 0) is 15.4 Å². The lowest BCUT2D eigenvalue weighted by Gasteiger charge is -2.37. The first-order valence-corrected chi connectivity index (χ1v) is 13.2. The molecule has 1 aromatic rings. The maximum Gasteiger partial charge on any atom is 0.213 e. The third-order valence-corrected chi connectivity index (χ3v) is 10.8. The molecule has 150 valence electrons. The lowest BCUT2D eigenvalue weighted by Crippen LogP contribution is -2.44.